The first kappa shape index (κ1) is 16.6. The van der Waals surface area contributed by atoms with Gasteiger partial charge in [0.05, 0.1) is 6.61 Å². The third-order valence-electron chi connectivity index (χ3n) is 4.26. The number of nitrogens with one attached hydrogen (secondary N) is 1. The quantitative estimate of drug-likeness (QED) is 0.577. The van der Waals surface area contributed by atoms with E-state index in [0.29, 0.717) is 19.1 Å². The Bertz CT molecular complexity index is 478. The van der Waals surface area contributed by atoms with Crippen molar-refractivity contribution in [2.75, 3.05) is 13.2 Å². The van der Waals surface area contributed by atoms with Crippen LogP contribution >= 0.6 is 0 Å². The molecule has 1 aliphatic carbocycles. The first-order valence-electron chi connectivity index (χ1n) is 8.42. The standard InChI is InChI=1S/C19H27NO2/c1-2-19(21)20-13-6-7-14-22-18-12-8-11-17(15-18)16-9-4-3-5-10-16/h2,8,11-12,15-16H,1,3-7,9-10,13-14H2,(H,20,21). The number of hydrogen-bond donors (Lipinski definition) is 1. The summed E-state index contributed by atoms with van der Waals surface area (Å²) in [5.41, 5.74) is 1.43. The highest BCUT2D eigenvalue weighted by Crippen LogP contribution is 2.33. The molecule has 1 aromatic carbocycles. The van der Waals surface area contributed by atoms with Crippen molar-refractivity contribution in [1.29, 1.82) is 0 Å². The fourth-order valence-corrected chi connectivity index (χ4v) is 3.00. The van der Waals surface area contributed by atoms with E-state index in [1.54, 1.807) is 0 Å². The Balaban J connectivity index is 1.69. The summed E-state index contributed by atoms with van der Waals surface area (Å²) >= 11 is 0. The van der Waals surface area contributed by atoms with E-state index in [1.165, 1.54) is 43.7 Å². The van der Waals surface area contributed by atoms with E-state index in [9.17, 15) is 4.79 Å². The van der Waals surface area contributed by atoms with Crippen molar-refractivity contribution in [2.45, 2.75) is 50.9 Å². The molecule has 0 aromatic heterocycles. The highest BCUT2D eigenvalue weighted by atomic mass is 16.5. The number of amides is 1. The second-order valence-corrected chi connectivity index (χ2v) is 5.96. The second kappa shape index (κ2) is 9.29. The van der Waals surface area contributed by atoms with Crippen LogP contribution in [0, 0.1) is 0 Å². The number of benzene rings is 1. The molecule has 1 fully saturated rings. The molecule has 0 atom stereocenters. The molecule has 0 spiro atoms. The normalized spacial score (nSPS) is 15.3. The van der Waals surface area contributed by atoms with Gasteiger partial charge >= 0.3 is 0 Å². The second-order valence-electron chi connectivity index (χ2n) is 5.96. The predicted molar refractivity (Wildman–Crippen MR) is 90.2 cm³/mol. The van der Waals surface area contributed by atoms with Crippen molar-refractivity contribution in [1.82, 2.24) is 5.32 Å². The molecule has 120 valence electrons. The van der Waals surface area contributed by atoms with Crippen LogP contribution in [0.1, 0.15) is 56.4 Å². The lowest BCUT2D eigenvalue weighted by atomic mass is 9.84. The number of hydrogen-bond acceptors (Lipinski definition) is 2. The van der Waals surface area contributed by atoms with Crippen LogP contribution in [-0.4, -0.2) is 19.1 Å². The minimum Gasteiger partial charge on any atom is -0.494 e. The van der Waals surface area contributed by atoms with Gasteiger partial charge in [-0.3, -0.25) is 4.79 Å². The van der Waals surface area contributed by atoms with Gasteiger partial charge in [0, 0.05) is 6.54 Å². The van der Waals surface area contributed by atoms with Crippen molar-refractivity contribution in [3.05, 3.63) is 42.5 Å². The Morgan fingerprint density at radius 3 is 2.86 bits per heavy atom. The Kier molecular flexibility index (Phi) is 7.01. The lowest BCUT2D eigenvalue weighted by Gasteiger charge is -2.22. The summed E-state index contributed by atoms with van der Waals surface area (Å²) in [4.78, 5) is 11.0. The molecule has 3 heteroatoms. The van der Waals surface area contributed by atoms with Crippen LogP contribution in [-0.2, 0) is 4.79 Å². The van der Waals surface area contributed by atoms with Gasteiger partial charge in [-0.05, 0) is 55.4 Å². The zero-order valence-corrected chi connectivity index (χ0v) is 13.4. The molecule has 2 rings (SSSR count). The Labute approximate surface area is 133 Å². The largest absolute Gasteiger partial charge is 0.494 e. The van der Waals surface area contributed by atoms with Crippen LogP contribution in [0.15, 0.2) is 36.9 Å². The van der Waals surface area contributed by atoms with Gasteiger partial charge in [0.25, 0.3) is 0 Å². The number of rotatable bonds is 8. The Hall–Kier alpha value is -1.77. The minimum absolute atomic E-state index is 0.110. The lowest BCUT2D eigenvalue weighted by molar-refractivity contribution is -0.116. The van der Waals surface area contributed by atoms with E-state index in [1.807, 2.05) is 6.07 Å². The van der Waals surface area contributed by atoms with Crippen molar-refractivity contribution in [2.24, 2.45) is 0 Å². The van der Waals surface area contributed by atoms with Gasteiger partial charge in [-0.25, -0.2) is 0 Å². The van der Waals surface area contributed by atoms with Gasteiger partial charge in [0.1, 0.15) is 5.75 Å². The smallest absolute Gasteiger partial charge is 0.243 e. The molecule has 0 unspecified atom stereocenters. The molecule has 0 bridgehead atoms. The van der Waals surface area contributed by atoms with Crippen molar-refractivity contribution in [3.8, 4) is 5.75 Å². The van der Waals surface area contributed by atoms with Crippen LogP contribution in [0.3, 0.4) is 0 Å². The average Bonchev–Trinajstić information content (AvgIpc) is 2.58. The maximum absolute atomic E-state index is 11.0. The van der Waals surface area contributed by atoms with Crippen LogP contribution in [0.25, 0.3) is 0 Å². The predicted octanol–water partition coefficient (Wildman–Crippen LogP) is 4.20. The molecular formula is C19H27NO2. The highest BCUT2D eigenvalue weighted by Gasteiger charge is 2.15. The Morgan fingerprint density at radius 1 is 1.27 bits per heavy atom. The number of carbonyl (C=O) groups excluding carboxylic acids is 1. The fourth-order valence-electron chi connectivity index (χ4n) is 3.00. The van der Waals surface area contributed by atoms with E-state index in [4.69, 9.17) is 4.74 Å². The maximum Gasteiger partial charge on any atom is 0.243 e. The topological polar surface area (TPSA) is 38.3 Å². The van der Waals surface area contributed by atoms with Crippen molar-refractivity contribution < 1.29 is 9.53 Å². The minimum atomic E-state index is -0.110. The summed E-state index contributed by atoms with van der Waals surface area (Å²) in [5.74, 6) is 1.57. The molecule has 1 amide bonds. The molecule has 0 saturated heterocycles. The monoisotopic (exact) mass is 301 g/mol. The summed E-state index contributed by atoms with van der Waals surface area (Å²) in [5, 5.41) is 2.77. The summed E-state index contributed by atoms with van der Waals surface area (Å²) < 4.78 is 5.84. The van der Waals surface area contributed by atoms with Gasteiger partial charge in [-0.1, -0.05) is 38.0 Å². The van der Waals surface area contributed by atoms with Crippen LogP contribution in [0.2, 0.25) is 0 Å². The van der Waals surface area contributed by atoms with Gasteiger partial charge in [-0.2, -0.15) is 0 Å². The molecular weight excluding hydrogens is 274 g/mol. The summed E-state index contributed by atoms with van der Waals surface area (Å²) in [6, 6.07) is 8.57. The molecule has 1 aliphatic rings. The molecule has 1 saturated carbocycles. The summed E-state index contributed by atoms with van der Waals surface area (Å²) in [7, 11) is 0. The zero-order valence-electron chi connectivity index (χ0n) is 13.4. The molecule has 0 radical (unpaired) electrons. The van der Waals surface area contributed by atoms with Crippen molar-refractivity contribution >= 4 is 5.91 Å². The first-order chi connectivity index (χ1) is 10.8. The van der Waals surface area contributed by atoms with Gasteiger partial charge < -0.3 is 10.1 Å². The molecule has 3 nitrogen and oxygen atoms in total. The molecule has 0 aliphatic heterocycles. The van der Waals surface area contributed by atoms with E-state index in [0.717, 1.165) is 18.6 Å². The number of unbranched alkanes of at least 4 members (excludes halogenated alkanes) is 1. The van der Waals surface area contributed by atoms with Gasteiger partial charge in [-0.15, -0.1) is 0 Å². The van der Waals surface area contributed by atoms with E-state index in [-0.39, 0.29) is 5.91 Å². The maximum atomic E-state index is 11.0. The molecule has 1 aromatic rings. The first-order valence-corrected chi connectivity index (χ1v) is 8.42. The number of carbonyl (C=O) groups is 1. The van der Waals surface area contributed by atoms with Crippen LogP contribution in [0.4, 0.5) is 0 Å². The third-order valence-corrected chi connectivity index (χ3v) is 4.26. The third kappa shape index (κ3) is 5.55. The van der Waals surface area contributed by atoms with E-state index >= 15 is 0 Å². The number of ether oxygens (including phenoxy) is 1. The molecule has 22 heavy (non-hydrogen) atoms. The van der Waals surface area contributed by atoms with Gasteiger partial charge in [0.2, 0.25) is 5.91 Å². The highest BCUT2D eigenvalue weighted by molar-refractivity contribution is 5.86. The van der Waals surface area contributed by atoms with E-state index < -0.39 is 0 Å². The van der Waals surface area contributed by atoms with Gasteiger partial charge in [0.15, 0.2) is 0 Å². The van der Waals surface area contributed by atoms with Crippen LogP contribution < -0.4 is 10.1 Å². The zero-order chi connectivity index (χ0) is 15.6. The fraction of sp³-hybridized carbons (Fsp3) is 0.526. The molecule has 0 heterocycles. The summed E-state index contributed by atoms with van der Waals surface area (Å²) in [6.07, 6.45) is 9.87. The van der Waals surface area contributed by atoms with E-state index in [2.05, 4.69) is 30.1 Å². The van der Waals surface area contributed by atoms with Crippen molar-refractivity contribution in [3.63, 3.8) is 0 Å². The SMILES string of the molecule is C=CC(=O)NCCCCOc1cccc(C2CCCCC2)c1. The van der Waals surface area contributed by atoms with Crippen LogP contribution in [0.5, 0.6) is 5.75 Å². The Morgan fingerprint density at radius 2 is 2.09 bits per heavy atom. The molecule has 1 N–H and O–H groups in total. The summed E-state index contributed by atoms with van der Waals surface area (Å²) in [6.45, 7) is 4.79. The lowest BCUT2D eigenvalue weighted by Crippen LogP contribution is -2.22. The average molecular weight is 301 g/mol.